The largest absolute Gasteiger partial charge is 0.497 e. The molecule has 0 aliphatic heterocycles. The molecule has 0 fully saturated rings. The smallest absolute Gasteiger partial charge is 0.118 e. The van der Waals surface area contributed by atoms with Gasteiger partial charge in [-0.25, -0.2) is 0 Å². The maximum absolute atomic E-state index is 5.22. The van der Waals surface area contributed by atoms with E-state index in [9.17, 15) is 0 Å². The number of ether oxygens (including phenoxy) is 1. The third-order valence-electron chi connectivity index (χ3n) is 4.83. The Morgan fingerprint density at radius 2 is 1.50 bits per heavy atom. The Bertz CT molecular complexity index is 1100. The molecule has 0 saturated heterocycles. The summed E-state index contributed by atoms with van der Waals surface area (Å²) in [5.41, 5.74) is 4.71. The monoisotopic (exact) mass is 365 g/mol. The molecule has 0 amide bonds. The fourth-order valence-corrected chi connectivity index (χ4v) is 3.25. The van der Waals surface area contributed by atoms with Gasteiger partial charge in [0.05, 0.1) is 7.11 Å². The van der Waals surface area contributed by atoms with Crippen molar-refractivity contribution in [1.29, 1.82) is 0 Å². The van der Waals surface area contributed by atoms with E-state index < -0.39 is 0 Å². The van der Waals surface area contributed by atoms with Crippen molar-refractivity contribution in [2.45, 2.75) is 6.54 Å². The van der Waals surface area contributed by atoms with Gasteiger partial charge in [0.15, 0.2) is 0 Å². The second kappa shape index (κ2) is 8.45. The first-order chi connectivity index (χ1) is 13.8. The first kappa shape index (κ1) is 17.9. The van der Waals surface area contributed by atoms with Crippen molar-refractivity contribution < 1.29 is 4.74 Å². The molecule has 138 valence electrons. The molecule has 2 nitrogen and oxygen atoms in total. The highest BCUT2D eigenvalue weighted by molar-refractivity contribution is 5.83. The van der Waals surface area contributed by atoms with Gasteiger partial charge in [0.1, 0.15) is 5.75 Å². The molecule has 4 rings (SSSR count). The zero-order valence-corrected chi connectivity index (χ0v) is 15.9. The summed E-state index contributed by atoms with van der Waals surface area (Å²) < 4.78 is 5.22. The molecular weight excluding hydrogens is 342 g/mol. The highest BCUT2D eigenvalue weighted by Crippen LogP contribution is 2.21. The molecule has 0 aliphatic carbocycles. The first-order valence-electron chi connectivity index (χ1n) is 9.44. The lowest BCUT2D eigenvalue weighted by atomic mass is 10.1. The van der Waals surface area contributed by atoms with Crippen LogP contribution in [0, 0.1) is 0 Å². The van der Waals surface area contributed by atoms with Crippen molar-refractivity contribution in [3.63, 3.8) is 0 Å². The Balaban J connectivity index is 1.49. The van der Waals surface area contributed by atoms with Crippen LogP contribution in [0.4, 0.5) is 5.69 Å². The molecule has 4 aromatic rings. The fraction of sp³-hybridized carbons (Fsp3) is 0.0769. The molecule has 0 bridgehead atoms. The minimum absolute atomic E-state index is 0.790. The van der Waals surface area contributed by atoms with E-state index in [0.717, 1.165) is 23.5 Å². The Labute approximate surface area is 166 Å². The first-order valence-corrected chi connectivity index (χ1v) is 9.44. The SMILES string of the molecule is COc1ccc(/C=C/c2ccccc2NCc2ccc3ccccc3c2)cc1. The quantitative estimate of drug-likeness (QED) is 0.387. The van der Waals surface area contributed by atoms with E-state index >= 15 is 0 Å². The molecule has 4 aromatic carbocycles. The fourth-order valence-electron chi connectivity index (χ4n) is 3.25. The summed E-state index contributed by atoms with van der Waals surface area (Å²) in [6.45, 7) is 0.790. The highest BCUT2D eigenvalue weighted by atomic mass is 16.5. The van der Waals surface area contributed by atoms with Gasteiger partial charge in [-0.2, -0.15) is 0 Å². The van der Waals surface area contributed by atoms with E-state index in [-0.39, 0.29) is 0 Å². The van der Waals surface area contributed by atoms with Crippen molar-refractivity contribution in [2.75, 3.05) is 12.4 Å². The maximum Gasteiger partial charge on any atom is 0.118 e. The molecular formula is C26H23NO. The molecule has 0 unspecified atom stereocenters. The lowest BCUT2D eigenvalue weighted by molar-refractivity contribution is 0.415. The number of fused-ring (bicyclic) bond motifs is 1. The summed E-state index contributed by atoms with van der Waals surface area (Å²) in [7, 11) is 1.68. The molecule has 0 spiro atoms. The van der Waals surface area contributed by atoms with E-state index in [0.29, 0.717) is 0 Å². The van der Waals surface area contributed by atoms with E-state index in [1.165, 1.54) is 21.9 Å². The van der Waals surface area contributed by atoms with Gasteiger partial charge in [-0.15, -0.1) is 0 Å². The third-order valence-corrected chi connectivity index (χ3v) is 4.83. The molecule has 0 aliphatic rings. The van der Waals surface area contributed by atoms with Crippen molar-refractivity contribution in [1.82, 2.24) is 0 Å². The number of hydrogen-bond acceptors (Lipinski definition) is 2. The van der Waals surface area contributed by atoms with Crippen LogP contribution in [0.25, 0.3) is 22.9 Å². The van der Waals surface area contributed by atoms with E-state index in [4.69, 9.17) is 4.74 Å². The van der Waals surface area contributed by atoms with Crippen LogP contribution in [0.3, 0.4) is 0 Å². The van der Waals surface area contributed by atoms with E-state index in [1.54, 1.807) is 7.11 Å². The average molecular weight is 365 g/mol. The summed E-state index contributed by atoms with van der Waals surface area (Å²) in [6, 6.07) is 31.5. The molecule has 0 aromatic heterocycles. The highest BCUT2D eigenvalue weighted by Gasteiger charge is 2.01. The molecule has 28 heavy (non-hydrogen) atoms. The molecule has 2 heteroatoms. The van der Waals surface area contributed by atoms with Crippen LogP contribution in [0.5, 0.6) is 5.75 Å². The number of methoxy groups -OCH3 is 1. The summed E-state index contributed by atoms with van der Waals surface area (Å²) in [5, 5.41) is 6.12. The Morgan fingerprint density at radius 3 is 2.32 bits per heavy atom. The molecule has 0 radical (unpaired) electrons. The van der Waals surface area contributed by atoms with Crippen LogP contribution in [-0.4, -0.2) is 7.11 Å². The number of nitrogens with one attached hydrogen (secondary N) is 1. The van der Waals surface area contributed by atoms with Crippen LogP contribution >= 0.6 is 0 Å². The van der Waals surface area contributed by atoms with Crippen LogP contribution in [0.2, 0.25) is 0 Å². The maximum atomic E-state index is 5.22. The number of hydrogen-bond donors (Lipinski definition) is 1. The minimum atomic E-state index is 0.790. The molecule has 0 atom stereocenters. The van der Waals surface area contributed by atoms with Crippen LogP contribution in [-0.2, 0) is 6.54 Å². The Hall–Kier alpha value is -3.52. The van der Waals surface area contributed by atoms with Crippen molar-refractivity contribution in [2.24, 2.45) is 0 Å². The Morgan fingerprint density at radius 1 is 0.750 bits per heavy atom. The van der Waals surface area contributed by atoms with Crippen molar-refractivity contribution in [3.05, 3.63) is 108 Å². The van der Waals surface area contributed by atoms with Crippen LogP contribution < -0.4 is 10.1 Å². The molecule has 0 saturated carbocycles. The lowest BCUT2D eigenvalue weighted by Gasteiger charge is -2.10. The second-order valence-corrected chi connectivity index (χ2v) is 6.73. The zero-order chi connectivity index (χ0) is 19.2. The molecule has 0 heterocycles. The average Bonchev–Trinajstić information content (AvgIpc) is 2.77. The normalized spacial score (nSPS) is 11.0. The van der Waals surface area contributed by atoms with Gasteiger partial charge < -0.3 is 10.1 Å². The number of para-hydroxylation sites is 1. The number of benzene rings is 4. The van der Waals surface area contributed by atoms with Crippen LogP contribution in [0.15, 0.2) is 91.0 Å². The number of anilines is 1. The summed E-state index contributed by atoms with van der Waals surface area (Å²) >= 11 is 0. The number of rotatable bonds is 6. The lowest BCUT2D eigenvalue weighted by Crippen LogP contribution is -2.00. The van der Waals surface area contributed by atoms with Gasteiger partial charge in [0, 0.05) is 12.2 Å². The third kappa shape index (κ3) is 4.24. The van der Waals surface area contributed by atoms with E-state index in [2.05, 4.69) is 96.3 Å². The van der Waals surface area contributed by atoms with E-state index in [1.807, 2.05) is 12.1 Å². The standard InChI is InChI=1S/C26H23NO/c1-28-25-16-12-20(13-17-25)10-15-23-7-4-5-9-26(23)27-19-21-11-14-22-6-2-3-8-24(22)18-21/h2-18,27H,19H2,1H3/b15-10+. The predicted octanol–water partition coefficient (Wildman–Crippen LogP) is 6.63. The zero-order valence-electron chi connectivity index (χ0n) is 15.9. The minimum Gasteiger partial charge on any atom is -0.497 e. The van der Waals surface area contributed by atoms with Gasteiger partial charge in [-0.05, 0) is 51.7 Å². The second-order valence-electron chi connectivity index (χ2n) is 6.73. The van der Waals surface area contributed by atoms with Gasteiger partial charge in [-0.3, -0.25) is 0 Å². The predicted molar refractivity (Wildman–Crippen MR) is 120 cm³/mol. The topological polar surface area (TPSA) is 21.3 Å². The van der Waals surface area contributed by atoms with Gasteiger partial charge in [-0.1, -0.05) is 78.9 Å². The van der Waals surface area contributed by atoms with Crippen molar-refractivity contribution >= 4 is 28.6 Å². The van der Waals surface area contributed by atoms with Crippen LogP contribution in [0.1, 0.15) is 16.7 Å². The summed E-state index contributed by atoms with van der Waals surface area (Å²) in [6.07, 6.45) is 4.26. The summed E-state index contributed by atoms with van der Waals surface area (Å²) in [5.74, 6) is 0.870. The Kier molecular flexibility index (Phi) is 5.39. The van der Waals surface area contributed by atoms with Gasteiger partial charge >= 0.3 is 0 Å². The molecule has 1 N–H and O–H groups in total. The van der Waals surface area contributed by atoms with Gasteiger partial charge in [0.25, 0.3) is 0 Å². The van der Waals surface area contributed by atoms with Crippen molar-refractivity contribution in [3.8, 4) is 5.75 Å². The summed E-state index contributed by atoms with van der Waals surface area (Å²) in [4.78, 5) is 0. The van der Waals surface area contributed by atoms with Gasteiger partial charge in [0.2, 0.25) is 0 Å².